The third-order valence-electron chi connectivity index (χ3n) is 4.59. The summed E-state index contributed by atoms with van der Waals surface area (Å²) >= 11 is 0. The molecule has 1 heterocycles. The van der Waals surface area contributed by atoms with Gasteiger partial charge in [0.15, 0.2) is 0 Å². The monoisotopic (exact) mass is 393 g/mol. The molecule has 1 fully saturated rings. The molecule has 0 bridgehead atoms. The topological polar surface area (TPSA) is 38.8 Å². The molecule has 4 nitrogen and oxygen atoms in total. The molecule has 0 spiro atoms. The zero-order valence-corrected chi connectivity index (χ0v) is 15.5. The molecule has 2 aromatic carbocycles. The molecule has 0 aromatic heterocycles. The highest BCUT2D eigenvalue weighted by atomic mass is 19.4. The Morgan fingerprint density at radius 2 is 1.96 bits per heavy atom. The smallest absolute Gasteiger partial charge is 0.416 e. The summed E-state index contributed by atoms with van der Waals surface area (Å²) in [5.41, 5.74) is 0.371. The Morgan fingerprint density at radius 1 is 1.21 bits per heavy atom. The molecule has 3 rings (SSSR count). The van der Waals surface area contributed by atoms with E-state index in [2.05, 4.69) is 0 Å². The average Bonchev–Trinajstić information content (AvgIpc) is 3.19. The molecule has 0 radical (unpaired) electrons. The quantitative estimate of drug-likeness (QED) is 0.724. The van der Waals surface area contributed by atoms with Crippen LogP contribution in [0.15, 0.2) is 48.5 Å². The second kappa shape index (κ2) is 8.65. The third-order valence-corrected chi connectivity index (χ3v) is 4.59. The highest BCUT2D eigenvalue weighted by molar-refractivity contribution is 5.94. The maximum absolute atomic E-state index is 12.7. The summed E-state index contributed by atoms with van der Waals surface area (Å²) in [4.78, 5) is 14.1. The summed E-state index contributed by atoms with van der Waals surface area (Å²) in [6, 6.07) is 11.7. The fourth-order valence-electron chi connectivity index (χ4n) is 3.05. The Kier molecular flexibility index (Phi) is 6.24. The lowest BCUT2D eigenvalue weighted by Crippen LogP contribution is -2.26. The lowest BCUT2D eigenvalue weighted by molar-refractivity contribution is -0.137. The summed E-state index contributed by atoms with van der Waals surface area (Å²) < 4.78 is 49.2. The number of halogens is 3. The molecule has 0 aliphatic carbocycles. The summed E-state index contributed by atoms with van der Waals surface area (Å²) in [5, 5.41) is 0. The molecule has 150 valence electrons. The molecule has 28 heavy (non-hydrogen) atoms. The standard InChI is InChI=1S/C21H22F3NO3/c1-25(13-15-7-9-17(10-8-15)21(22,23)24)20(26)16-4-2-5-18(12-16)28-14-19-6-3-11-27-19/h2,4-5,7-10,12,19H,3,6,11,13-14H2,1H3. The van der Waals surface area contributed by atoms with E-state index in [0.717, 1.165) is 31.6 Å². The van der Waals surface area contributed by atoms with Crippen LogP contribution in [0.2, 0.25) is 0 Å². The number of carbonyl (C=O) groups is 1. The molecule has 1 aliphatic rings. The van der Waals surface area contributed by atoms with Gasteiger partial charge in [0.2, 0.25) is 0 Å². The van der Waals surface area contributed by atoms with Crippen LogP contribution < -0.4 is 4.74 Å². The number of alkyl halides is 3. The van der Waals surface area contributed by atoms with Crippen LogP contribution in [0.4, 0.5) is 13.2 Å². The molecule has 1 aliphatic heterocycles. The number of carbonyl (C=O) groups excluding carboxylic acids is 1. The van der Waals surface area contributed by atoms with Crippen LogP contribution in [-0.2, 0) is 17.5 Å². The fourth-order valence-corrected chi connectivity index (χ4v) is 3.05. The lowest BCUT2D eigenvalue weighted by atomic mass is 10.1. The van der Waals surface area contributed by atoms with E-state index in [-0.39, 0.29) is 18.6 Å². The number of amides is 1. The van der Waals surface area contributed by atoms with Crippen molar-refractivity contribution in [3.05, 3.63) is 65.2 Å². The zero-order chi connectivity index (χ0) is 20.1. The molecule has 0 saturated carbocycles. The summed E-state index contributed by atoms with van der Waals surface area (Å²) in [7, 11) is 1.61. The SMILES string of the molecule is CN(Cc1ccc(C(F)(F)F)cc1)C(=O)c1cccc(OCC2CCCO2)c1. The first-order valence-corrected chi connectivity index (χ1v) is 9.09. The first-order valence-electron chi connectivity index (χ1n) is 9.09. The number of rotatable bonds is 6. The Labute approximate surface area is 161 Å². The van der Waals surface area contributed by atoms with E-state index in [1.54, 1.807) is 31.3 Å². The molecular weight excluding hydrogens is 371 g/mol. The molecule has 1 unspecified atom stereocenters. The predicted octanol–water partition coefficient (Wildman–Crippen LogP) is 4.54. The van der Waals surface area contributed by atoms with Gasteiger partial charge in [0.25, 0.3) is 5.91 Å². The molecule has 1 atom stereocenters. The molecular formula is C21H22F3NO3. The minimum Gasteiger partial charge on any atom is -0.491 e. The van der Waals surface area contributed by atoms with Crippen molar-refractivity contribution >= 4 is 5.91 Å². The van der Waals surface area contributed by atoms with Crippen LogP contribution >= 0.6 is 0 Å². The van der Waals surface area contributed by atoms with Gasteiger partial charge in [-0.3, -0.25) is 4.79 Å². The van der Waals surface area contributed by atoms with Gasteiger partial charge in [-0.2, -0.15) is 13.2 Å². The van der Waals surface area contributed by atoms with E-state index in [0.29, 0.717) is 23.5 Å². The number of benzene rings is 2. The zero-order valence-electron chi connectivity index (χ0n) is 15.5. The normalized spacial score (nSPS) is 16.8. The largest absolute Gasteiger partial charge is 0.491 e. The second-order valence-electron chi connectivity index (χ2n) is 6.83. The second-order valence-corrected chi connectivity index (χ2v) is 6.83. The van der Waals surface area contributed by atoms with Gasteiger partial charge >= 0.3 is 6.18 Å². The highest BCUT2D eigenvalue weighted by Gasteiger charge is 2.30. The number of ether oxygens (including phenoxy) is 2. The van der Waals surface area contributed by atoms with Gasteiger partial charge in [-0.15, -0.1) is 0 Å². The van der Waals surface area contributed by atoms with Crippen LogP contribution in [0, 0.1) is 0 Å². The molecule has 7 heteroatoms. The van der Waals surface area contributed by atoms with Crippen molar-refractivity contribution in [1.29, 1.82) is 0 Å². The first-order chi connectivity index (χ1) is 13.3. The van der Waals surface area contributed by atoms with E-state index in [1.165, 1.54) is 17.0 Å². The van der Waals surface area contributed by atoms with Gasteiger partial charge in [-0.1, -0.05) is 18.2 Å². The minimum atomic E-state index is -4.37. The van der Waals surface area contributed by atoms with Crippen LogP contribution in [0.1, 0.15) is 34.3 Å². The first kappa shape index (κ1) is 20.2. The van der Waals surface area contributed by atoms with Crippen molar-refractivity contribution in [2.75, 3.05) is 20.3 Å². The molecule has 2 aromatic rings. The van der Waals surface area contributed by atoms with Gasteiger partial charge in [0.1, 0.15) is 12.4 Å². The highest BCUT2D eigenvalue weighted by Crippen LogP contribution is 2.29. The van der Waals surface area contributed by atoms with Gasteiger partial charge in [-0.25, -0.2) is 0 Å². The number of hydrogen-bond donors (Lipinski definition) is 0. The van der Waals surface area contributed by atoms with E-state index in [9.17, 15) is 18.0 Å². The Balaban J connectivity index is 1.60. The van der Waals surface area contributed by atoms with Gasteiger partial charge < -0.3 is 14.4 Å². The summed E-state index contributed by atoms with van der Waals surface area (Å²) in [5.74, 6) is 0.353. The van der Waals surface area contributed by atoms with Crippen molar-refractivity contribution in [2.45, 2.75) is 31.7 Å². The lowest BCUT2D eigenvalue weighted by Gasteiger charge is -2.18. The van der Waals surface area contributed by atoms with E-state index >= 15 is 0 Å². The van der Waals surface area contributed by atoms with Crippen molar-refractivity contribution < 1.29 is 27.4 Å². The van der Waals surface area contributed by atoms with E-state index in [4.69, 9.17) is 9.47 Å². The Morgan fingerprint density at radius 3 is 2.61 bits per heavy atom. The van der Waals surface area contributed by atoms with Gasteiger partial charge in [0.05, 0.1) is 11.7 Å². The Bertz CT molecular complexity index is 799. The predicted molar refractivity (Wildman–Crippen MR) is 98.2 cm³/mol. The fraction of sp³-hybridized carbons (Fsp3) is 0.381. The van der Waals surface area contributed by atoms with Crippen molar-refractivity contribution in [1.82, 2.24) is 4.90 Å². The summed E-state index contributed by atoms with van der Waals surface area (Å²) in [6.07, 6.45) is -2.29. The van der Waals surface area contributed by atoms with Crippen LogP contribution in [-0.4, -0.2) is 37.2 Å². The van der Waals surface area contributed by atoms with Crippen LogP contribution in [0.25, 0.3) is 0 Å². The Hall–Kier alpha value is -2.54. The van der Waals surface area contributed by atoms with Crippen molar-refractivity contribution in [3.8, 4) is 5.75 Å². The van der Waals surface area contributed by atoms with Crippen LogP contribution in [0.5, 0.6) is 5.75 Å². The van der Waals surface area contributed by atoms with Gasteiger partial charge in [0, 0.05) is 25.8 Å². The maximum Gasteiger partial charge on any atom is 0.416 e. The van der Waals surface area contributed by atoms with Crippen molar-refractivity contribution in [3.63, 3.8) is 0 Å². The van der Waals surface area contributed by atoms with Crippen LogP contribution in [0.3, 0.4) is 0 Å². The average molecular weight is 393 g/mol. The van der Waals surface area contributed by atoms with Gasteiger partial charge in [-0.05, 0) is 48.7 Å². The number of nitrogens with zero attached hydrogens (tertiary/aromatic N) is 1. The molecule has 0 N–H and O–H groups in total. The maximum atomic E-state index is 12.7. The van der Waals surface area contributed by atoms with Crippen molar-refractivity contribution in [2.24, 2.45) is 0 Å². The molecule has 1 saturated heterocycles. The summed E-state index contributed by atoms with van der Waals surface area (Å²) in [6.45, 7) is 1.40. The minimum absolute atomic E-state index is 0.0849. The number of hydrogen-bond acceptors (Lipinski definition) is 3. The van der Waals surface area contributed by atoms with E-state index in [1.807, 2.05) is 0 Å². The third kappa shape index (κ3) is 5.25. The molecule has 1 amide bonds. The van der Waals surface area contributed by atoms with E-state index < -0.39 is 11.7 Å².